The number of unbranched alkanes of at least 4 members (excludes halogenated alkanes) is 18. The number of quaternary nitrogens is 2. The molecule has 37 heavy (non-hydrogen) atoms. The third kappa shape index (κ3) is 53.6. The number of rotatable bonds is 24. The van der Waals surface area contributed by atoms with Gasteiger partial charge in [-0.15, -0.1) is 0 Å². The van der Waals surface area contributed by atoms with Gasteiger partial charge in [-0.2, -0.15) is 0 Å². The summed E-state index contributed by atoms with van der Waals surface area (Å²) in [5.41, 5.74) is 0. The van der Waals surface area contributed by atoms with E-state index in [1.807, 2.05) is 0 Å². The molecule has 0 heterocycles. The summed E-state index contributed by atoms with van der Waals surface area (Å²) in [5.74, 6) is 0. The Hall–Kier alpha value is 0.660. The molecule has 0 fully saturated rings. The Morgan fingerprint density at radius 1 is 0.432 bits per heavy atom. The molecule has 0 saturated heterocycles. The molecule has 0 unspecified atom stereocenters. The van der Waals surface area contributed by atoms with E-state index in [-0.39, 0.29) is 55.1 Å². The molecule has 0 saturated carbocycles. The van der Waals surface area contributed by atoms with Crippen molar-refractivity contribution in [1.82, 2.24) is 12.3 Å². The minimum atomic E-state index is -4.48. The fourth-order valence-corrected chi connectivity index (χ4v) is 4.14. The predicted octanol–water partition coefficient (Wildman–Crippen LogP) is 7.14. The summed E-state index contributed by atoms with van der Waals surface area (Å²) >= 11 is 0. The summed E-state index contributed by atoms with van der Waals surface area (Å²) in [5, 5.41) is 0. The molecular weight excluding hydrogens is 531 g/mol. The molecule has 0 aliphatic carbocycles. The van der Waals surface area contributed by atoms with Gasteiger partial charge in [-0.05, 0) is 12.8 Å². The normalized spacial score (nSPS) is 10.9. The molecule has 0 aromatic heterocycles. The Labute approximate surface area is 251 Å². The largest absolute Gasteiger partial charge is 0.726 e. The molecule has 8 N–H and O–H groups in total. The molecule has 10 nitrogen and oxygen atoms in total. The molecule has 0 aromatic carbocycles. The van der Waals surface area contributed by atoms with Crippen LogP contribution in [0.4, 0.5) is 0 Å². The molecule has 0 rings (SSSR count). The van der Waals surface area contributed by atoms with E-state index in [1.165, 1.54) is 89.9 Å². The van der Waals surface area contributed by atoms with Crippen LogP contribution in [0, 0.1) is 0 Å². The van der Waals surface area contributed by atoms with Crippen LogP contribution in [0.3, 0.4) is 0 Å². The minimum absolute atomic E-state index is 0. The number of hydrogen-bond acceptors (Lipinski definition) is 8. The van der Waals surface area contributed by atoms with Crippen LogP contribution in [0.25, 0.3) is 0 Å². The van der Waals surface area contributed by atoms with Gasteiger partial charge in [-0.1, -0.05) is 129 Å². The molecule has 0 atom stereocenters. The second kappa shape index (κ2) is 34.7. The summed E-state index contributed by atoms with van der Waals surface area (Å²) in [6.07, 6.45) is 23.4. The van der Waals surface area contributed by atoms with Gasteiger partial charge in [-0.3, -0.25) is 8.37 Å². The van der Waals surface area contributed by atoms with E-state index in [9.17, 15) is 25.9 Å². The van der Waals surface area contributed by atoms with Crippen LogP contribution in [0.5, 0.6) is 0 Å². The molecule has 0 amide bonds. The van der Waals surface area contributed by atoms with Crippen molar-refractivity contribution in [2.24, 2.45) is 0 Å². The van der Waals surface area contributed by atoms with Gasteiger partial charge >= 0.3 is 0 Å². The summed E-state index contributed by atoms with van der Waals surface area (Å²) in [6.45, 7) is 4.49. The molecule has 0 spiro atoms. The van der Waals surface area contributed by atoms with E-state index in [4.69, 9.17) is 0 Å². The molecule has 1 radical (unpaired) electrons. The van der Waals surface area contributed by atoms with Crippen LogP contribution in [0.2, 0.25) is 0 Å². The molecule has 0 aromatic rings. The van der Waals surface area contributed by atoms with Crippen molar-refractivity contribution in [2.45, 2.75) is 142 Å². The van der Waals surface area contributed by atoms with Gasteiger partial charge in [0, 0.05) is 29.6 Å². The van der Waals surface area contributed by atoms with Crippen molar-refractivity contribution < 1.29 is 34.3 Å². The standard InChI is InChI=1S/2C12H26O4S.2H3N.Na/c2*1-2-3-4-5-6-7-8-9-10-11-12-16-17(13,14)15;;;/h2*2-12H2,1H3,(H,13,14,15);2*1H3;. The first kappa shape index (κ1) is 47.4. The second-order valence-electron chi connectivity index (χ2n) is 8.82. The zero-order valence-corrected chi connectivity index (χ0v) is 28.3. The molecular formula is C24H58N2NaO8S2. The van der Waals surface area contributed by atoms with Gasteiger partial charge < -0.3 is 21.4 Å². The Bertz CT molecular complexity index is 570. The summed E-state index contributed by atoms with van der Waals surface area (Å²) in [6, 6.07) is 0. The first-order chi connectivity index (χ1) is 16.1. The van der Waals surface area contributed by atoms with Gasteiger partial charge in [0.1, 0.15) is 0 Å². The molecule has 225 valence electrons. The first-order valence-electron chi connectivity index (χ1n) is 13.3. The Balaban J connectivity index is -0.000000171. The van der Waals surface area contributed by atoms with E-state index in [2.05, 4.69) is 22.2 Å². The van der Waals surface area contributed by atoms with Gasteiger partial charge in [0.2, 0.25) is 20.8 Å². The fourth-order valence-electron chi connectivity index (χ4n) is 3.50. The van der Waals surface area contributed by atoms with Crippen molar-refractivity contribution in [3.05, 3.63) is 0 Å². The van der Waals surface area contributed by atoms with Gasteiger partial charge in [0.15, 0.2) is 0 Å². The maximum atomic E-state index is 10.1. The average molecular weight is 590 g/mol. The van der Waals surface area contributed by atoms with Gasteiger partial charge in [0.05, 0.1) is 13.2 Å². The van der Waals surface area contributed by atoms with Crippen LogP contribution in [-0.4, -0.2) is 68.7 Å². The summed E-state index contributed by atoms with van der Waals surface area (Å²) in [7, 11) is -8.97. The minimum Gasteiger partial charge on any atom is -0.726 e. The van der Waals surface area contributed by atoms with E-state index in [0.717, 1.165) is 25.7 Å². The van der Waals surface area contributed by atoms with Crippen LogP contribution >= 0.6 is 0 Å². The Morgan fingerprint density at radius 2 is 0.622 bits per heavy atom. The predicted molar refractivity (Wildman–Crippen MR) is 153 cm³/mol. The van der Waals surface area contributed by atoms with E-state index in [0.29, 0.717) is 12.8 Å². The van der Waals surface area contributed by atoms with Crippen molar-refractivity contribution in [2.75, 3.05) is 13.2 Å². The summed E-state index contributed by atoms with van der Waals surface area (Å²) < 4.78 is 68.9. The first-order valence-corrected chi connectivity index (χ1v) is 16.0. The molecule has 0 aliphatic heterocycles. The maximum Gasteiger partial charge on any atom is 0.217 e. The quantitative estimate of drug-likeness (QED) is 0.0510. The Morgan fingerprint density at radius 3 is 0.811 bits per heavy atom. The molecule has 0 aliphatic rings. The van der Waals surface area contributed by atoms with Crippen LogP contribution in [0.15, 0.2) is 0 Å². The monoisotopic (exact) mass is 589 g/mol. The van der Waals surface area contributed by atoms with Gasteiger partial charge in [0.25, 0.3) is 0 Å². The molecule has 13 heteroatoms. The Kier molecular flexibility index (Phi) is 44.5. The van der Waals surface area contributed by atoms with E-state index >= 15 is 0 Å². The summed E-state index contributed by atoms with van der Waals surface area (Å²) in [4.78, 5) is 0. The zero-order valence-electron chi connectivity index (χ0n) is 24.6. The topological polar surface area (TPSA) is 206 Å². The zero-order chi connectivity index (χ0) is 26.0. The van der Waals surface area contributed by atoms with E-state index < -0.39 is 20.8 Å². The van der Waals surface area contributed by atoms with E-state index in [1.54, 1.807) is 0 Å². The van der Waals surface area contributed by atoms with Crippen molar-refractivity contribution >= 4 is 50.4 Å². The number of hydrogen-bond donors (Lipinski definition) is 2. The van der Waals surface area contributed by atoms with Crippen molar-refractivity contribution in [1.29, 1.82) is 0 Å². The van der Waals surface area contributed by atoms with Gasteiger partial charge in [-0.25, -0.2) is 16.8 Å². The maximum absolute atomic E-state index is 10.1. The van der Waals surface area contributed by atoms with Crippen molar-refractivity contribution in [3.63, 3.8) is 0 Å². The smallest absolute Gasteiger partial charge is 0.217 e. The third-order valence-electron chi connectivity index (χ3n) is 5.45. The van der Waals surface area contributed by atoms with Crippen LogP contribution < -0.4 is 12.3 Å². The third-order valence-corrected chi connectivity index (χ3v) is 6.36. The van der Waals surface area contributed by atoms with Crippen molar-refractivity contribution in [3.8, 4) is 0 Å². The average Bonchev–Trinajstić information content (AvgIpc) is 2.75. The molecule has 0 bridgehead atoms. The van der Waals surface area contributed by atoms with Crippen LogP contribution in [-0.2, 0) is 29.2 Å². The SMILES string of the molecule is CCCCCCCCCCCCOS(=O)(=O)[O-].CCCCCCCCCCCCOS(=O)(=O)[O-].[NH4+].[NH4+].[Na]. The second-order valence-corrected chi connectivity index (χ2v) is 10.9. The van der Waals surface area contributed by atoms with Crippen LogP contribution in [0.1, 0.15) is 142 Å². The fraction of sp³-hybridized carbons (Fsp3) is 1.00.